The highest BCUT2D eigenvalue weighted by Crippen LogP contribution is 2.13. The summed E-state index contributed by atoms with van der Waals surface area (Å²) in [5.41, 5.74) is 12.8. The minimum atomic E-state index is -1.18. The van der Waals surface area contributed by atoms with Gasteiger partial charge >= 0.3 is 5.97 Å². The number of carbonyl (C=O) groups excluding carboxylic acids is 3. The predicted molar refractivity (Wildman–Crippen MR) is 151 cm³/mol. The van der Waals surface area contributed by atoms with Crippen LogP contribution in [0.15, 0.2) is 36.8 Å². The summed E-state index contributed by atoms with van der Waals surface area (Å²) in [5, 5.41) is 27.0. The molecule has 0 radical (unpaired) electrons. The van der Waals surface area contributed by atoms with Gasteiger partial charge in [-0.3, -0.25) is 14.4 Å². The second kappa shape index (κ2) is 17.2. The Labute approximate surface area is 237 Å². The summed E-state index contributed by atoms with van der Waals surface area (Å²) < 4.78 is 0. The maximum Gasteiger partial charge on any atom is 0.326 e. The number of rotatable bonds is 18. The van der Waals surface area contributed by atoms with Crippen molar-refractivity contribution in [2.45, 2.75) is 62.7 Å². The summed E-state index contributed by atoms with van der Waals surface area (Å²) in [5.74, 6) is -2.45. The molecule has 1 heterocycles. The highest BCUT2D eigenvalue weighted by atomic mass is 32.2. The molecule has 40 heavy (non-hydrogen) atoms. The molecule has 10 N–H and O–H groups in total. The number of phenols is 1. The van der Waals surface area contributed by atoms with Crippen LogP contribution in [0.5, 0.6) is 5.75 Å². The second-order valence-electron chi connectivity index (χ2n) is 9.35. The average Bonchev–Trinajstić information content (AvgIpc) is 3.44. The zero-order valence-corrected chi connectivity index (χ0v) is 23.3. The third-order valence-corrected chi connectivity index (χ3v) is 6.79. The number of thioether (sulfide) groups is 1. The SMILES string of the molecule is CSCCC(NC(=O)C(Cc1ccc(O)cc1)NC(=O)C(N)Cc1cnc[nH]1)C(=O)NC(CCCCN)C(=O)O. The van der Waals surface area contributed by atoms with Crippen LogP contribution in [0.4, 0.5) is 0 Å². The van der Waals surface area contributed by atoms with Crippen molar-refractivity contribution >= 4 is 35.5 Å². The molecule has 0 aliphatic carbocycles. The number of benzene rings is 1. The van der Waals surface area contributed by atoms with E-state index in [4.69, 9.17) is 11.5 Å². The molecule has 0 saturated heterocycles. The molecule has 2 aromatic rings. The third-order valence-electron chi connectivity index (χ3n) is 6.15. The van der Waals surface area contributed by atoms with Crippen molar-refractivity contribution in [3.63, 3.8) is 0 Å². The summed E-state index contributed by atoms with van der Waals surface area (Å²) >= 11 is 1.47. The van der Waals surface area contributed by atoms with Crippen molar-refractivity contribution in [1.82, 2.24) is 25.9 Å². The lowest BCUT2D eigenvalue weighted by Crippen LogP contribution is -2.58. The Hall–Kier alpha value is -3.62. The fraction of sp³-hybridized carbons (Fsp3) is 0.500. The largest absolute Gasteiger partial charge is 0.508 e. The minimum absolute atomic E-state index is 0.0450. The average molecular weight is 578 g/mol. The number of aromatic nitrogens is 2. The highest BCUT2D eigenvalue weighted by molar-refractivity contribution is 7.98. The Bertz CT molecular complexity index is 1080. The number of hydrogen-bond acceptors (Lipinski definition) is 9. The Morgan fingerprint density at radius 1 is 0.950 bits per heavy atom. The summed E-state index contributed by atoms with van der Waals surface area (Å²) in [6, 6.07) is 1.91. The highest BCUT2D eigenvalue weighted by Gasteiger charge is 2.30. The first-order valence-corrected chi connectivity index (χ1v) is 14.4. The lowest BCUT2D eigenvalue weighted by Gasteiger charge is -2.25. The molecular formula is C26H39N7O6S. The van der Waals surface area contributed by atoms with Gasteiger partial charge in [0.05, 0.1) is 12.4 Å². The molecule has 0 aliphatic heterocycles. The fourth-order valence-corrected chi connectivity index (χ4v) is 4.35. The van der Waals surface area contributed by atoms with Gasteiger partial charge in [-0.2, -0.15) is 11.8 Å². The quantitative estimate of drug-likeness (QED) is 0.107. The third kappa shape index (κ3) is 11.2. The molecule has 0 bridgehead atoms. The molecule has 4 atom stereocenters. The lowest BCUT2D eigenvalue weighted by atomic mass is 10.0. The van der Waals surface area contributed by atoms with E-state index in [2.05, 4.69) is 25.9 Å². The number of nitrogens with one attached hydrogen (secondary N) is 4. The van der Waals surface area contributed by atoms with Crippen molar-refractivity contribution < 1.29 is 29.4 Å². The first-order chi connectivity index (χ1) is 19.1. The Morgan fingerprint density at radius 2 is 1.60 bits per heavy atom. The lowest BCUT2D eigenvalue weighted by molar-refractivity contribution is -0.142. The summed E-state index contributed by atoms with van der Waals surface area (Å²) in [4.78, 5) is 57.9. The van der Waals surface area contributed by atoms with Gasteiger partial charge in [0.25, 0.3) is 0 Å². The number of nitrogens with two attached hydrogens (primary N) is 2. The van der Waals surface area contributed by atoms with E-state index in [1.54, 1.807) is 18.3 Å². The molecule has 4 unspecified atom stereocenters. The topological polar surface area (TPSA) is 226 Å². The van der Waals surface area contributed by atoms with Crippen molar-refractivity contribution in [2.24, 2.45) is 11.5 Å². The fourth-order valence-electron chi connectivity index (χ4n) is 3.88. The van der Waals surface area contributed by atoms with Gasteiger partial charge in [-0.15, -0.1) is 0 Å². The number of nitrogens with zero attached hydrogens (tertiary/aromatic N) is 1. The van der Waals surface area contributed by atoms with Crippen molar-refractivity contribution in [2.75, 3.05) is 18.6 Å². The Balaban J connectivity index is 2.18. The molecule has 0 saturated carbocycles. The molecule has 0 fully saturated rings. The molecule has 2 rings (SSSR count). The van der Waals surface area contributed by atoms with Gasteiger partial charge in [-0.25, -0.2) is 9.78 Å². The van der Waals surface area contributed by atoms with Crippen LogP contribution in [0, 0.1) is 0 Å². The molecule has 220 valence electrons. The second-order valence-corrected chi connectivity index (χ2v) is 10.3. The normalized spacial score (nSPS) is 14.0. The van der Waals surface area contributed by atoms with Gasteiger partial charge in [-0.1, -0.05) is 12.1 Å². The predicted octanol–water partition coefficient (Wildman–Crippen LogP) is -0.351. The van der Waals surface area contributed by atoms with Gasteiger partial charge in [0.1, 0.15) is 23.9 Å². The number of aliphatic carboxylic acids is 1. The number of carboxylic acids is 1. The van der Waals surface area contributed by atoms with E-state index in [9.17, 15) is 29.4 Å². The molecule has 14 heteroatoms. The van der Waals surface area contributed by atoms with Crippen LogP contribution in [0.3, 0.4) is 0 Å². The van der Waals surface area contributed by atoms with Gasteiger partial charge in [0, 0.05) is 24.7 Å². The van der Waals surface area contributed by atoms with E-state index >= 15 is 0 Å². The van der Waals surface area contributed by atoms with Gasteiger partial charge < -0.3 is 42.6 Å². The van der Waals surface area contributed by atoms with E-state index in [0.717, 1.165) is 0 Å². The van der Waals surface area contributed by atoms with E-state index in [0.29, 0.717) is 36.4 Å². The van der Waals surface area contributed by atoms with Crippen molar-refractivity contribution in [3.05, 3.63) is 48.0 Å². The van der Waals surface area contributed by atoms with Crippen LogP contribution in [0.1, 0.15) is 36.9 Å². The molecule has 1 aromatic heterocycles. The van der Waals surface area contributed by atoms with Crippen LogP contribution in [-0.2, 0) is 32.0 Å². The van der Waals surface area contributed by atoms with Crippen LogP contribution in [0.25, 0.3) is 0 Å². The summed E-state index contributed by atoms with van der Waals surface area (Å²) in [7, 11) is 0. The smallest absolute Gasteiger partial charge is 0.326 e. The molecule has 13 nitrogen and oxygen atoms in total. The maximum absolute atomic E-state index is 13.4. The summed E-state index contributed by atoms with van der Waals surface area (Å²) in [6.07, 6.45) is 6.67. The standard InChI is InChI=1S/C26H39N7O6S/c1-40-11-9-20(24(36)32-21(26(38)39)4-2-3-10-27)31-25(37)22(12-16-5-7-18(34)8-6-16)33-23(35)19(28)13-17-14-29-15-30-17/h5-8,14-15,19-22,34H,2-4,9-13,27-28H2,1H3,(H,29,30)(H,31,37)(H,32,36)(H,33,35)(H,38,39). The van der Waals surface area contributed by atoms with Crippen molar-refractivity contribution in [1.29, 1.82) is 0 Å². The van der Waals surface area contributed by atoms with Crippen LogP contribution < -0.4 is 27.4 Å². The Kier molecular flexibility index (Phi) is 14.0. The number of unbranched alkanes of at least 4 members (excludes halogenated alkanes) is 1. The number of hydrogen-bond donors (Lipinski definition) is 8. The van der Waals surface area contributed by atoms with Crippen LogP contribution in [-0.4, -0.2) is 86.6 Å². The number of amides is 3. The number of aromatic hydroxyl groups is 1. The summed E-state index contributed by atoms with van der Waals surface area (Å²) in [6.45, 7) is 0.409. The maximum atomic E-state index is 13.4. The zero-order chi connectivity index (χ0) is 29.5. The van der Waals surface area contributed by atoms with E-state index in [1.807, 2.05) is 6.26 Å². The molecular weight excluding hydrogens is 538 g/mol. The first kappa shape index (κ1) is 32.6. The molecule has 3 amide bonds. The van der Waals surface area contributed by atoms with E-state index < -0.39 is 47.9 Å². The van der Waals surface area contributed by atoms with Gasteiger partial charge in [0.2, 0.25) is 17.7 Å². The van der Waals surface area contributed by atoms with Crippen LogP contribution >= 0.6 is 11.8 Å². The van der Waals surface area contributed by atoms with Gasteiger partial charge in [0.15, 0.2) is 0 Å². The number of H-pyrrole nitrogens is 1. The number of carboxylic acid groups (broad SMARTS) is 1. The van der Waals surface area contributed by atoms with Crippen LogP contribution in [0.2, 0.25) is 0 Å². The molecule has 0 aliphatic rings. The van der Waals surface area contributed by atoms with Crippen molar-refractivity contribution in [3.8, 4) is 5.75 Å². The van der Waals surface area contributed by atoms with E-state index in [1.165, 1.54) is 30.2 Å². The minimum Gasteiger partial charge on any atom is -0.508 e. The number of aromatic amines is 1. The number of phenolic OH excluding ortho intramolecular Hbond substituents is 1. The number of carbonyl (C=O) groups is 4. The zero-order valence-electron chi connectivity index (χ0n) is 22.5. The molecule has 0 spiro atoms. The monoisotopic (exact) mass is 577 g/mol. The first-order valence-electron chi connectivity index (χ1n) is 13.0. The molecule has 1 aromatic carbocycles. The van der Waals surface area contributed by atoms with E-state index in [-0.39, 0.29) is 31.4 Å². The Morgan fingerprint density at radius 3 is 2.20 bits per heavy atom. The van der Waals surface area contributed by atoms with Gasteiger partial charge in [-0.05, 0) is 61.9 Å². The number of imidazole rings is 1.